The van der Waals surface area contributed by atoms with Crippen LogP contribution in [0, 0.1) is 5.92 Å². The Kier molecular flexibility index (Phi) is 6.12. The number of hydrogen-bond donors (Lipinski definition) is 3. The molecule has 1 aliphatic rings. The van der Waals surface area contributed by atoms with E-state index in [4.69, 9.17) is 0 Å². The Hall–Kier alpha value is -1.10. The Morgan fingerprint density at radius 1 is 1.44 bits per heavy atom. The molecule has 1 aliphatic heterocycles. The van der Waals surface area contributed by atoms with Crippen molar-refractivity contribution in [2.45, 2.75) is 52.1 Å². The summed E-state index contributed by atoms with van der Waals surface area (Å²) in [4.78, 5) is 23.3. The third kappa shape index (κ3) is 4.64. The number of amides is 2. The number of carbonyl (C=O) groups is 2. The summed E-state index contributed by atoms with van der Waals surface area (Å²) in [5.74, 6) is 0.105. The molecule has 1 rings (SSSR count). The summed E-state index contributed by atoms with van der Waals surface area (Å²) in [6.07, 6.45) is 2.15. The molecule has 3 N–H and O–H groups in total. The molecule has 1 fully saturated rings. The molecule has 0 saturated carbocycles. The van der Waals surface area contributed by atoms with E-state index in [1.165, 1.54) is 0 Å². The van der Waals surface area contributed by atoms with Crippen molar-refractivity contribution in [2.24, 2.45) is 5.92 Å². The van der Waals surface area contributed by atoms with Gasteiger partial charge in [0.2, 0.25) is 11.8 Å². The maximum absolute atomic E-state index is 11.8. The van der Waals surface area contributed by atoms with Crippen LogP contribution in [0.2, 0.25) is 0 Å². The third-order valence-electron chi connectivity index (χ3n) is 3.53. The van der Waals surface area contributed by atoms with E-state index in [0.717, 1.165) is 19.4 Å². The van der Waals surface area contributed by atoms with Crippen LogP contribution in [0.15, 0.2) is 0 Å². The average Bonchev–Trinajstić information content (AvgIpc) is 2.75. The highest BCUT2D eigenvalue weighted by Crippen LogP contribution is 2.14. The summed E-state index contributed by atoms with van der Waals surface area (Å²) in [7, 11) is 0. The normalized spacial score (nSPS) is 24.6. The van der Waals surface area contributed by atoms with Crippen molar-refractivity contribution in [1.29, 1.82) is 0 Å². The molecule has 5 heteroatoms. The fourth-order valence-electron chi connectivity index (χ4n) is 2.10. The van der Waals surface area contributed by atoms with Crippen LogP contribution in [0.4, 0.5) is 0 Å². The first kappa shape index (κ1) is 15.0. The lowest BCUT2D eigenvalue weighted by atomic mass is 10.0. The molecule has 0 bridgehead atoms. The third-order valence-corrected chi connectivity index (χ3v) is 3.53. The second kappa shape index (κ2) is 7.36. The van der Waals surface area contributed by atoms with Gasteiger partial charge < -0.3 is 16.0 Å². The zero-order chi connectivity index (χ0) is 13.5. The van der Waals surface area contributed by atoms with Crippen molar-refractivity contribution in [2.75, 3.05) is 13.1 Å². The SMILES string of the molecule is CCC(C)NC(=O)CCNC(=O)C1CCNC1C. The zero-order valence-electron chi connectivity index (χ0n) is 11.6. The molecule has 104 valence electrons. The van der Waals surface area contributed by atoms with Gasteiger partial charge in [0.05, 0.1) is 5.92 Å². The highest BCUT2D eigenvalue weighted by Gasteiger charge is 2.28. The molecule has 5 nitrogen and oxygen atoms in total. The summed E-state index contributed by atoms with van der Waals surface area (Å²) in [6, 6.07) is 0.436. The first-order valence-corrected chi connectivity index (χ1v) is 6.85. The lowest BCUT2D eigenvalue weighted by Crippen LogP contribution is -2.39. The average molecular weight is 255 g/mol. The Balaban J connectivity index is 2.17. The summed E-state index contributed by atoms with van der Waals surface area (Å²) in [5.41, 5.74) is 0. The molecule has 3 unspecified atom stereocenters. The lowest BCUT2D eigenvalue weighted by molar-refractivity contribution is -0.125. The van der Waals surface area contributed by atoms with Crippen LogP contribution in [0.25, 0.3) is 0 Å². The van der Waals surface area contributed by atoms with E-state index in [1.807, 2.05) is 20.8 Å². The first-order valence-electron chi connectivity index (χ1n) is 6.85. The van der Waals surface area contributed by atoms with Gasteiger partial charge >= 0.3 is 0 Å². The van der Waals surface area contributed by atoms with Gasteiger partial charge in [-0.3, -0.25) is 9.59 Å². The number of nitrogens with one attached hydrogen (secondary N) is 3. The van der Waals surface area contributed by atoms with E-state index in [2.05, 4.69) is 16.0 Å². The second-order valence-corrected chi connectivity index (χ2v) is 5.06. The molecule has 3 atom stereocenters. The van der Waals surface area contributed by atoms with Crippen LogP contribution in [0.1, 0.15) is 40.0 Å². The highest BCUT2D eigenvalue weighted by molar-refractivity contribution is 5.81. The molecule has 0 aromatic rings. The molecule has 18 heavy (non-hydrogen) atoms. The topological polar surface area (TPSA) is 70.2 Å². The maximum atomic E-state index is 11.8. The van der Waals surface area contributed by atoms with Crippen molar-refractivity contribution in [3.63, 3.8) is 0 Å². The molecular weight excluding hydrogens is 230 g/mol. The van der Waals surface area contributed by atoms with Crippen LogP contribution >= 0.6 is 0 Å². The van der Waals surface area contributed by atoms with Gasteiger partial charge in [-0.1, -0.05) is 6.92 Å². The molecule has 0 aliphatic carbocycles. The van der Waals surface area contributed by atoms with Crippen LogP contribution in [0.5, 0.6) is 0 Å². The first-order chi connectivity index (χ1) is 8.54. The van der Waals surface area contributed by atoms with Gasteiger partial charge in [0.1, 0.15) is 0 Å². The molecular formula is C13H25N3O2. The van der Waals surface area contributed by atoms with E-state index in [0.29, 0.717) is 13.0 Å². The van der Waals surface area contributed by atoms with E-state index in [9.17, 15) is 9.59 Å². The van der Waals surface area contributed by atoms with Gasteiger partial charge in [-0.05, 0) is 33.2 Å². The molecule has 0 aromatic heterocycles. The van der Waals surface area contributed by atoms with E-state index < -0.39 is 0 Å². The largest absolute Gasteiger partial charge is 0.355 e. The van der Waals surface area contributed by atoms with E-state index >= 15 is 0 Å². The lowest BCUT2D eigenvalue weighted by Gasteiger charge is -2.15. The Bertz CT molecular complexity index is 294. The Labute approximate surface area is 109 Å². The standard InChI is InChI=1S/C13H25N3O2/c1-4-9(2)16-12(17)6-8-15-13(18)11-5-7-14-10(11)3/h9-11,14H,4-8H2,1-3H3,(H,15,18)(H,16,17). The minimum atomic E-state index is 0.00208. The summed E-state index contributed by atoms with van der Waals surface area (Å²) < 4.78 is 0. The highest BCUT2D eigenvalue weighted by atomic mass is 16.2. The smallest absolute Gasteiger partial charge is 0.224 e. The van der Waals surface area contributed by atoms with Gasteiger partial charge in [-0.15, -0.1) is 0 Å². The number of carbonyl (C=O) groups excluding carboxylic acids is 2. The quantitative estimate of drug-likeness (QED) is 0.643. The maximum Gasteiger partial charge on any atom is 0.224 e. The molecule has 0 aromatic carbocycles. The predicted octanol–water partition coefficient (Wildman–Crippen LogP) is 0.405. The number of rotatable bonds is 6. The van der Waals surface area contributed by atoms with Crippen molar-refractivity contribution in [3.05, 3.63) is 0 Å². The monoisotopic (exact) mass is 255 g/mol. The second-order valence-electron chi connectivity index (χ2n) is 5.06. The summed E-state index contributed by atoms with van der Waals surface area (Å²) >= 11 is 0. The molecule has 1 saturated heterocycles. The van der Waals surface area contributed by atoms with Crippen LogP contribution in [-0.4, -0.2) is 37.0 Å². The van der Waals surface area contributed by atoms with Crippen molar-refractivity contribution < 1.29 is 9.59 Å². The fourth-order valence-corrected chi connectivity index (χ4v) is 2.10. The van der Waals surface area contributed by atoms with Crippen molar-refractivity contribution in [1.82, 2.24) is 16.0 Å². The van der Waals surface area contributed by atoms with Gasteiger partial charge in [0, 0.05) is 25.0 Å². The van der Waals surface area contributed by atoms with E-state index in [1.54, 1.807) is 0 Å². The Morgan fingerprint density at radius 3 is 2.72 bits per heavy atom. The fraction of sp³-hybridized carbons (Fsp3) is 0.846. The van der Waals surface area contributed by atoms with Crippen molar-refractivity contribution in [3.8, 4) is 0 Å². The van der Waals surface area contributed by atoms with Gasteiger partial charge in [-0.2, -0.15) is 0 Å². The van der Waals surface area contributed by atoms with Crippen LogP contribution in [-0.2, 0) is 9.59 Å². The van der Waals surface area contributed by atoms with Gasteiger partial charge in [-0.25, -0.2) is 0 Å². The zero-order valence-corrected chi connectivity index (χ0v) is 11.6. The van der Waals surface area contributed by atoms with Gasteiger partial charge in [0.25, 0.3) is 0 Å². The minimum Gasteiger partial charge on any atom is -0.355 e. The Morgan fingerprint density at radius 2 is 2.17 bits per heavy atom. The van der Waals surface area contributed by atoms with Crippen molar-refractivity contribution >= 4 is 11.8 Å². The van der Waals surface area contributed by atoms with Crippen LogP contribution < -0.4 is 16.0 Å². The molecule has 0 radical (unpaired) electrons. The number of hydrogen-bond acceptors (Lipinski definition) is 3. The molecule has 1 heterocycles. The molecule has 2 amide bonds. The van der Waals surface area contributed by atoms with E-state index in [-0.39, 0.29) is 29.8 Å². The van der Waals surface area contributed by atoms with Crippen LogP contribution in [0.3, 0.4) is 0 Å². The molecule has 0 spiro atoms. The minimum absolute atomic E-state index is 0.00208. The van der Waals surface area contributed by atoms with Gasteiger partial charge in [0.15, 0.2) is 0 Å². The predicted molar refractivity (Wildman–Crippen MR) is 71.1 cm³/mol. The summed E-state index contributed by atoms with van der Waals surface area (Å²) in [5, 5.41) is 8.96. The summed E-state index contributed by atoms with van der Waals surface area (Å²) in [6.45, 7) is 7.34.